The number of amides is 1. The Labute approximate surface area is 131 Å². The second kappa shape index (κ2) is 5.57. The number of carbonyl (C=O) groups is 2. The molecule has 0 unspecified atom stereocenters. The van der Waals surface area contributed by atoms with Crippen molar-refractivity contribution in [2.24, 2.45) is 5.92 Å². The van der Waals surface area contributed by atoms with Crippen molar-refractivity contribution >= 4 is 23.2 Å². The summed E-state index contributed by atoms with van der Waals surface area (Å²) in [7, 11) is 0. The molecule has 2 atom stereocenters. The van der Waals surface area contributed by atoms with E-state index < -0.39 is 17.9 Å². The zero-order valence-corrected chi connectivity index (χ0v) is 13.1. The Morgan fingerprint density at radius 1 is 1.55 bits per heavy atom. The van der Waals surface area contributed by atoms with Crippen LogP contribution in [0.15, 0.2) is 22.0 Å². The third-order valence-electron chi connectivity index (χ3n) is 4.09. The van der Waals surface area contributed by atoms with Gasteiger partial charge >= 0.3 is 5.97 Å². The Balaban J connectivity index is 1.97. The summed E-state index contributed by atoms with van der Waals surface area (Å²) in [5.74, 6) is -1.14. The summed E-state index contributed by atoms with van der Waals surface area (Å²) in [6.45, 7) is 3.94. The molecule has 1 fully saturated rings. The Kier molecular flexibility index (Phi) is 3.74. The molecular formula is C15H16N2O4S. The van der Waals surface area contributed by atoms with E-state index in [4.69, 9.17) is 4.52 Å². The number of nitrogens with zero attached hydrogens (tertiary/aromatic N) is 2. The first-order chi connectivity index (χ1) is 10.5. The zero-order valence-electron chi connectivity index (χ0n) is 12.3. The smallest absolute Gasteiger partial charge is 0.309 e. The number of likely N-dealkylation sites (tertiary alicyclic amines) is 1. The summed E-state index contributed by atoms with van der Waals surface area (Å²) in [5, 5.41) is 15.2. The number of rotatable bonds is 4. The Morgan fingerprint density at radius 3 is 2.86 bits per heavy atom. The third kappa shape index (κ3) is 2.41. The van der Waals surface area contributed by atoms with Crippen molar-refractivity contribution in [3.05, 3.63) is 39.4 Å². The lowest BCUT2D eigenvalue weighted by atomic mass is 9.99. The van der Waals surface area contributed by atoms with E-state index in [2.05, 4.69) is 5.16 Å². The molecule has 3 heterocycles. The summed E-state index contributed by atoms with van der Waals surface area (Å²) in [6.07, 6.45) is 0.0290. The van der Waals surface area contributed by atoms with Crippen molar-refractivity contribution in [2.45, 2.75) is 32.9 Å². The van der Waals surface area contributed by atoms with Gasteiger partial charge in [0.05, 0.1) is 24.2 Å². The van der Waals surface area contributed by atoms with Gasteiger partial charge in [0, 0.05) is 16.9 Å². The van der Waals surface area contributed by atoms with Gasteiger partial charge in [-0.3, -0.25) is 9.59 Å². The van der Waals surface area contributed by atoms with E-state index in [1.807, 2.05) is 24.4 Å². The van der Waals surface area contributed by atoms with E-state index in [0.717, 1.165) is 16.1 Å². The maximum absolute atomic E-state index is 12.4. The summed E-state index contributed by atoms with van der Waals surface area (Å²) >= 11 is 1.47. The van der Waals surface area contributed by atoms with E-state index in [0.29, 0.717) is 12.3 Å². The molecule has 0 aromatic carbocycles. The molecule has 0 saturated carbocycles. The highest BCUT2D eigenvalue weighted by Crippen LogP contribution is 2.41. The van der Waals surface area contributed by atoms with Gasteiger partial charge in [0.25, 0.3) is 0 Å². The molecule has 22 heavy (non-hydrogen) atoms. The molecule has 7 heteroatoms. The number of hydrogen-bond donors (Lipinski definition) is 1. The first kappa shape index (κ1) is 14.8. The predicted octanol–water partition coefficient (Wildman–Crippen LogP) is 2.53. The average molecular weight is 320 g/mol. The molecule has 1 saturated heterocycles. The highest BCUT2D eigenvalue weighted by atomic mass is 32.1. The fourth-order valence-corrected chi connectivity index (χ4v) is 3.81. The molecule has 6 nitrogen and oxygen atoms in total. The number of aromatic nitrogens is 1. The van der Waals surface area contributed by atoms with Crippen LogP contribution in [0, 0.1) is 19.8 Å². The van der Waals surface area contributed by atoms with Gasteiger partial charge in [0.2, 0.25) is 5.91 Å². The van der Waals surface area contributed by atoms with Gasteiger partial charge in [-0.2, -0.15) is 0 Å². The first-order valence-electron chi connectivity index (χ1n) is 6.96. The number of aryl methyl sites for hydroxylation is 2. The van der Waals surface area contributed by atoms with Crippen molar-refractivity contribution in [1.82, 2.24) is 10.1 Å². The maximum Gasteiger partial charge on any atom is 0.309 e. The fraction of sp³-hybridized carbons (Fsp3) is 0.400. The molecular weight excluding hydrogens is 304 g/mol. The van der Waals surface area contributed by atoms with Crippen LogP contribution in [0.25, 0.3) is 0 Å². The van der Waals surface area contributed by atoms with E-state index in [9.17, 15) is 14.7 Å². The summed E-state index contributed by atoms with van der Waals surface area (Å²) < 4.78 is 5.14. The Bertz CT molecular complexity index is 688. The lowest BCUT2D eigenvalue weighted by Crippen LogP contribution is -2.30. The van der Waals surface area contributed by atoms with Gasteiger partial charge in [-0.1, -0.05) is 11.2 Å². The van der Waals surface area contributed by atoms with Crippen molar-refractivity contribution in [1.29, 1.82) is 0 Å². The molecule has 1 N–H and O–H groups in total. The molecule has 0 spiro atoms. The number of carbonyl (C=O) groups excluding carboxylic acids is 1. The Hall–Kier alpha value is -2.15. The molecule has 0 aliphatic carbocycles. The van der Waals surface area contributed by atoms with Crippen molar-refractivity contribution in [2.75, 3.05) is 0 Å². The van der Waals surface area contributed by atoms with Gasteiger partial charge in [-0.15, -0.1) is 11.3 Å². The van der Waals surface area contributed by atoms with Crippen LogP contribution in [0.4, 0.5) is 0 Å². The minimum Gasteiger partial charge on any atom is -0.481 e. The molecule has 0 radical (unpaired) electrons. The highest BCUT2D eigenvalue weighted by molar-refractivity contribution is 7.10. The van der Waals surface area contributed by atoms with E-state index in [1.165, 1.54) is 11.3 Å². The number of thiophene rings is 1. The van der Waals surface area contributed by atoms with Crippen LogP contribution in [0.1, 0.15) is 34.4 Å². The van der Waals surface area contributed by atoms with Crippen LogP contribution in [0.5, 0.6) is 0 Å². The maximum atomic E-state index is 12.4. The zero-order chi connectivity index (χ0) is 15.9. The van der Waals surface area contributed by atoms with Gasteiger partial charge in [0.15, 0.2) is 0 Å². The minimum absolute atomic E-state index is 0.0290. The van der Waals surface area contributed by atoms with Gasteiger partial charge < -0.3 is 14.5 Å². The largest absolute Gasteiger partial charge is 0.481 e. The van der Waals surface area contributed by atoms with Crippen LogP contribution >= 0.6 is 11.3 Å². The molecule has 3 rings (SSSR count). The molecule has 1 aliphatic heterocycles. The monoisotopic (exact) mass is 320 g/mol. The minimum atomic E-state index is -0.937. The van der Waals surface area contributed by atoms with Gasteiger partial charge in [0.1, 0.15) is 5.76 Å². The number of carboxylic acid groups (broad SMARTS) is 1. The number of carboxylic acids is 1. The van der Waals surface area contributed by atoms with Crippen molar-refractivity contribution in [3.63, 3.8) is 0 Å². The molecule has 1 amide bonds. The van der Waals surface area contributed by atoms with Gasteiger partial charge in [-0.25, -0.2) is 0 Å². The average Bonchev–Trinajstić information content (AvgIpc) is 3.15. The normalized spacial score (nSPS) is 21.5. The second-order valence-electron chi connectivity index (χ2n) is 5.43. The SMILES string of the molecule is Cc1noc(C)c1CN1C(=O)C[C@@H](C(=O)O)[C@H]1c1cccs1. The van der Waals surface area contributed by atoms with Crippen LogP contribution in [-0.2, 0) is 16.1 Å². The number of hydrogen-bond acceptors (Lipinski definition) is 5. The van der Waals surface area contributed by atoms with Crippen LogP contribution < -0.4 is 0 Å². The lowest BCUT2D eigenvalue weighted by molar-refractivity contribution is -0.142. The summed E-state index contributed by atoms with van der Waals surface area (Å²) in [5.41, 5.74) is 1.58. The third-order valence-corrected chi connectivity index (χ3v) is 5.04. The molecule has 2 aromatic heterocycles. The summed E-state index contributed by atoms with van der Waals surface area (Å²) in [6, 6.07) is 3.32. The second-order valence-corrected chi connectivity index (χ2v) is 6.41. The van der Waals surface area contributed by atoms with Gasteiger partial charge in [-0.05, 0) is 25.3 Å². The van der Waals surface area contributed by atoms with Crippen molar-refractivity contribution < 1.29 is 19.2 Å². The molecule has 2 aromatic rings. The topological polar surface area (TPSA) is 83.6 Å². The first-order valence-corrected chi connectivity index (χ1v) is 7.84. The van der Waals surface area contributed by atoms with Crippen LogP contribution in [-0.4, -0.2) is 27.0 Å². The van der Waals surface area contributed by atoms with E-state index >= 15 is 0 Å². The molecule has 116 valence electrons. The quantitative estimate of drug-likeness (QED) is 0.936. The highest BCUT2D eigenvalue weighted by Gasteiger charge is 2.45. The molecule has 0 bridgehead atoms. The predicted molar refractivity (Wildman–Crippen MR) is 79.3 cm³/mol. The lowest BCUT2D eigenvalue weighted by Gasteiger charge is -2.26. The van der Waals surface area contributed by atoms with E-state index in [1.54, 1.807) is 11.8 Å². The standard InChI is InChI=1S/C15H16N2O4S/c1-8-11(9(2)21-16-8)7-17-13(18)6-10(15(19)20)14(17)12-4-3-5-22-12/h3-5,10,14H,6-7H2,1-2H3,(H,19,20)/t10-,14+/m1/s1. The molecule has 1 aliphatic rings. The summed E-state index contributed by atoms with van der Waals surface area (Å²) in [4.78, 5) is 26.4. The van der Waals surface area contributed by atoms with Crippen LogP contribution in [0.2, 0.25) is 0 Å². The fourth-order valence-electron chi connectivity index (χ4n) is 2.91. The Morgan fingerprint density at radius 2 is 2.32 bits per heavy atom. The van der Waals surface area contributed by atoms with E-state index in [-0.39, 0.29) is 12.3 Å². The van der Waals surface area contributed by atoms with Crippen LogP contribution in [0.3, 0.4) is 0 Å². The van der Waals surface area contributed by atoms with Crippen molar-refractivity contribution in [3.8, 4) is 0 Å². The number of aliphatic carboxylic acids is 1.